The number of sulfone groups is 1. The lowest BCUT2D eigenvalue weighted by Gasteiger charge is -2.40. The van der Waals surface area contributed by atoms with Crippen molar-refractivity contribution < 1.29 is 8.42 Å². The van der Waals surface area contributed by atoms with E-state index < -0.39 is 9.84 Å². The summed E-state index contributed by atoms with van der Waals surface area (Å²) >= 11 is 0. The first-order valence-electron chi connectivity index (χ1n) is 9.22. The van der Waals surface area contributed by atoms with Crippen LogP contribution in [-0.4, -0.2) is 44.7 Å². The maximum atomic E-state index is 11.5. The third-order valence-corrected chi connectivity index (χ3v) is 6.81. The first kappa shape index (κ1) is 17.7. The van der Waals surface area contributed by atoms with Crippen LogP contribution in [-0.2, 0) is 9.84 Å². The van der Waals surface area contributed by atoms with Crippen LogP contribution in [0.4, 0.5) is 5.69 Å². The number of benzene rings is 1. The van der Waals surface area contributed by atoms with E-state index in [2.05, 4.69) is 17.1 Å². The molecule has 1 aromatic rings. The quantitative estimate of drug-likeness (QED) is 0.902. The highest BCUT2D eigenvalue weighted by molar-refractivity contribution is 7.90. The first-order chi connectivity index (χ1) is 11.4. The molecule has 1 aromatic carbocycles. The Morgan fingerprint density at radius 1 is 0.958 bits per heavy atom. The SMILES string of the molecule is CC1CCN(C2CCC(Nc3ccc(S(C)(=O)=O)cc3)CC2)CC1. The van der Waals surface area contributed by atoms with Gasteiger partial charge in [-0.25, -0.2) is 8.42 Å². The highest BCUT2D eigenvalue weighted by Crippen LogP contribution is 2.29. The van der Waals surface area contributed by atoms with Gasteiger partial charge in [-0.05, 0) is 81.8 Å². The summed E-state index contributed by atoms with van der Waals surface area (Å²) in [6, 6.07) is 8.43. The van der Waals surface area contributed by atoms with E-state index in [1.807, 2.05) is 12.1 Å². The summed E-state index contributed by atoms with van der Waals surface area (Å²) in [6.07, 6.45) is 8.89. The third kappa shape index (κ3) is 4.51. The number of rotatable bonds is 4. The molecule has 1 saturated heterocycles. The van der Waals surface area contributed by atoms with Crippen LogP contribution in [0.2, 0.25) is 0 Å². The van der Waals surface area contributed by atoms with E-state index in [1.54, 1.807) is 12.1 Å². The number of nitrogens with one attached hydrogen (secondary N) is 1. The number of nitrogens with zero attached hydrogens (tertiary/aromatic N) is 1. The predicted molar refractivity (Wildman–Crippen MR) is 99.2 cm³/mol. The van der Waals surface area contributed by atoms with Gasteiger partial charge in [0, 0.05) is 24.0 Å². The monoisotopic (exact) mass is 350 g/mol. The van der Waals surface area contributed by atoms with Crippen molar-refractivity contribution in [3.63, 3.8) is 0 Å². The zero-order valence-electron chi connectivity index (χ0n) is 14.9. The fourth-order valence-corrected chi connectivity index (χ4v) is 4.64. The highest BCUT2D eigenvalue weighted by atomic mass is 32.2. The summed E-state index contributed by atoms with van der Waals surface area (Å²) in [7, 11) is -3.11. The Kier molecular flexibility index (Phi) is 5.50. The van der Waals surface area contributed by atoms with E-state index in [0.717, 1.165) is 17.6 Å². The molecule has 1 aliphatic carbocycles. The maximum absolute atomic E-state index is 11.5. The molecule has 0 spiro atoms. The number of anilines is 1. The van der Waals surface area contributed by atoms with Gasteiger partial charge in [0.1, 0.15) is 0 Å². The normalized spacial score (nSPS) is 27.1. The number of piperidine rings is 1. The fourth-order valence-electron chi connectivity index (χ4n) is 4.01. The molecule has 1 N–H and O–H groups in total. The molecule has 134 valence electrons. The van der Waals surface area contributed by atoms with Crippen LogP contribution in [0, 0.1) is 5.92 Å². The Hall–Kier alpha value is -1.07. The second kappa shape index (κ2) is 7.44. The van der Waals surface area contributed by atoms with Crippen LogP contribution in [0.15, 0.2) is 29.2 Å². The molecule has 0 radical (unpaired) electrons. The molecule has 1 saturated carbocycles. The molecular weight excluding hydrogens is 320 g/mol. The molecule has 0 amide bonds. The maximum Gasteiger partial charge on any atom is 0.175 e. The van der Waals surface area contributed by atoms with Gasteiger partial charge < -0.3 is 10.2 Å². The highest BCUT2D eigenvalue weighted by Gasteiger charge is 2.27. The minimum absolute atomic E-state index is 0.385. The van der Waals surface area contributed by atoms with Crippen LogP contribution < -0.4 is 5.32 Å². The van der Waals surface area contributed by atoms with Crippen molar-refractivity contribution in [3.8, 4) is 0 Å². The van der Waals surface area contributed by atoms with Crippen molar-refractivity contribution in [1.82, 2.24) is 4.90 Å². The van der Waals surface area contributed by atoms with Crippen LogP contribution >= 0.6 is 0 Å². The zero-order chi connectivity index (χ0) is 17.2. The van der Waals surface area contributed by atoms with Gasteiger partial charge in [0.2, 0.25) is 0 Å². The molecule has 0 aromatic heterocycles. The minimum Gasteiger partial charge on any atom is -0.382 e. The molecule has 24 heavy (non-hydrogen) atoms. The molecule has 1 heterocycles. The average molecular weight is 351 g/mol. The third-order valence-electron chi connectivity index (χ3n) is 5.68. The van der Waals surface area contributed by atoms with Crippen molar-refractivity contribution in [1.29, 1.82) is 0 Å². The van der Waals surface area contributed by atoms with Gasteiger partial charge in [-0.2, -0.15) is 0 Å². The van der Waals surface area contributed by atoms with Crippen LogP contribution in [0.1, 0.15) is 45.4 Å². The van der Waals surface area contributed by atoms with E-state index in [1.165, 1.54) is 57.9 Å². The van der Waals surface area contributed by atoms with E-state index in [0.29, 0.717) is 10.9 Å². The van der Waals surface area contributed by atoms with Gasteiger partial charge in [0.15, 0.2) is 9.84 Å². The molecule has 5 heteroatoms. The van der Waals surface area contributed by atoms with E-state index in [9.17, 15) is 8.42 Å². The summed E-state index contributed by atoms with van der Waals surface area (Å²) in [6.45, 7) is 4.92. The number of hydrogen-bond acceptors (Lipinski definition) is 4. The Morgan fingerprint density at radius 2 is 1.54 bits per heavy atom. The van der Waals surface area contributed by atoms with Crippen molar-refractivity contribution in [2.75, 3.05) is 24.7 Å². The van der Waals surface area contributed by atoms with Crippen molar-refractivity contribution in [2.45, 2.75) is 62.4 Å². The average Bonchev–Trinajstić information content (AvgIpc) is 2.56. The van der Waals surface area contributed by atoms with E-state index in [-0.39, 0.29) is 0 Å². The van der Waals surface area contributed by atoms with Crippen molar-refractivity contribution >= 4 is 15.5 Å². The topological polar surface area (TPSA) is 49.4 Å². The molecule has 2 fully saturated rings. The lowest BCUT2D eigenvalue weighted by Crippen LogP contribution is -2.44. The fraction of sp³-hybridized carbons (Fsp3) is 0.684. The lowest BCUT2D eigenvalue weighted by molar-refractivity contribution is 0.109. The minimum atomic E-state index is -3.11. The summed E-state index contributed by atoms with van der Waals surface area (Å²) in [4.78, 5) is 3.09. The smallest absolute Gasteiger partial charge is 0.175 e. The molecule has 1 aliphatic heterocycles. The summed E-state index contributed by atoms with van der Waals surface area (Å²) in [5, 5.41) is 3.58. The largest absolute Gasteiger partial charge is 0.382 e. The molecule has 3 rings (SSSR count). The second-order valence-electron chi connectivity index (χ2n) is 7.66. The van der Waals surface area contributed by atoms with Crippen molar-refractivity contribution in [3.05, 3.63) is 24.3 Å². The van der Waals surface area contributed by atoms with Crippen molar-refractivity contribution in [2.24, 2.45) is 5.92 Å². The summed E-state index contributed by atoms with van der Waals surface area (Å²) in [5.41, 5.74) is 1.03. The number of likely N-dealkylation sites (tertiary alicyclic amines) is 1. The van der Waals surface area contributed by atoms with Gasteiger partial charge in [0.25, 0.3) is 0 Å². The summed E-state index contributed by atoms with van der Waals surface area (Å²) < 4.78 is 23.0. The molecular formula is C19H30N2O2S. The number of hydrogen-bond donors (Lipinski definition) is 1. The van der Waals surface area contributed by atoms with Gasteiger partial charge in [0.05, 0.1) is 4.90 Å². The molecule has 0 unspecified atom stereocenters. The van der Waals surface area contributed by atoms with Gasteiger partial charge in [-0.15, -0.1) is 0 Å². The lowest BCUT2D eigenvalue weighted by atomic mass is 9.88. The predicted octanol–water partition coefficient (Wildman–Crippen LogP) is 3.55. The van der Waals surface area contributed by atoms with Gasteiger partial charge >= 0.3 is 0 Å². The molecule has 2 aliphatic rings. The van der Waals surface area contributed by atoms with Crippen LogP contribution in [0.3, 0.4) is 0 Å². The van der Waals surface area contributed by atoms with Crippen LogP contribution in [0.25, 0.3) is 0 Å². The standard InChI is InChI=1S/C19H30N2O2S/c1-15-11-13-21(14-12-15)18-7-3-16(4-8-18)20-17-5-9-19(10-6-17)24(2,22)23/h5-6,9-10,15-16,18,20H,3-4,7-8,11-14H2,1-2H3. The Morgan fingerprint density at radius 3 is 2.08 bits per heavy atom. The first-order valence-corrected chi connectivity index (χ1v) is 11.1. The molecule has 0 atom stereocenters. The molecule has 0 bridgehead atoms. The van der Waals surface area contributed by atoms with Gasteiger partial charge in [-0.3, -0.25) is 0 Å². The van der Waals surface area contributed by atoms with E-state index in [4.69, 9.17) is 0 Å². The Balaban J connectivity index is 1.48. The zero-order valence-corrected chi connectivity index (χ0v) is 15.7. The summed E-state index contributed by atoms with van der Waals surface area (Å²) in [5.74, 6) is 0.897. The Labute approximate surface area is 146 Å². The van der Waals surface area contributed by atoms with Crippen LogP contribution in [0.5, 0.6) is 0 Å². The second-order valence-corrected chi connectivity index (χ2v) is 9.68. The molecule has 4 nitrogen and oxygen atoms in total. The van der Waals surface area contributed by atoms with E-state index >= 15 is 0 Å². The Bertz CT molecular complexity index is 626. The van der Waals surface area contributed by atoms with Gasteiger partial charge in [-0.1, -0.05) is 6.92 Å².